The molecular weight excluding hydrogens is 624 g/mol. The van der Waals surface area contributed by atoms with Crippen molar-refractivity contribution in [3.05, 3.63) is 80.9 Å². The second-order valence-corrected chi connectivity index (χ2v) is 12.7. The number of hydrogen-bond donors (Lipinski definition) is 5. The molecule has 6 N–H and O–H groups in total. The molecule has 2 heterocycles. The van der Waals surface area contributed by atoms with Crippen LogP contribution in [0.25, 0.3) is 21.9 Å². The molecule has 4 aromatic rings. The lowest BCUT2D eigenvalue weighted by molar-refractivity contribution is -0.141. The standard InChI is InChI=1S/C34H38N4O8S/c1-19-22-14-24-21-10-5-6-12-27(21)45-29(24)16-28(22)46-33(43)23(19)15-30(39)37-25(11-7-13-36-34(35)44)31(40)38-26(32(41)42)18-47-17-20-8-3-2-4-9-20/h2-4,8-9,14,16,25-26H,5-7,10-13,15,17-18H2,1H3,(H,37,39)(H,38,40)(H,41,42)(H3,35,36,44)/t25-,26-/m0/s1. The zero-order valence-electron chi connectivity index (χ0n) is 26.1. The summed E-state index contributed by atoms with van der Waals surface area (Å²) in [6.45, 7) is 1.90. The number of nitrogens with two attached hydrogens (primary N) is 1. The maximum absolute atomic E-state index is 13.3. The van der Waals surface area contributed by atoms with E-state index in [9.17, 15) is 29.1 Å². The molecule has 5 rings (SSSR count). The number of carboxylic acid groups (broad SMARTS) is 1. The van der Waals surface area contributed by atoms with Crippen molar-refractivity contribution in [3.63, 3.8) is 0 Å². The van der Waals surface area contributed by atoms with Gasteiger partial charge in [-0.25, -0.2) is 14.4 Å². The molecule has 2 atom stereocenters. The molecule has 0 unspecified atom stereocenters. The minimum atomic E-state index is -1.21. The first-order valence-electron chi connectivity index (χ1n) is 15.6. The van der Waals surface area contributed by atoms with E-state index in [4.69, 9.17) is 14.6 Å². The van der Waals surface area contributed by atoms with Crippen LogP contribution in [-0.4, -0.2) is 53.3 Å². The largest absolute Gasteiger partial charge is 0.480 e. The number of urea groups is 1. The van der Waals surface area contributed by atoms with E-state index >= 15 is 0 Å². The lowest BCUT2D eigenvalue weighted by Crippen LogP contribution is -2.53. The first kappa shape index (κ1) is 33.6. The molecule has 0 radical (unpaired) electrons. The van der Waals surface area contributed by atoms with Crippen molar-refractivity contribution in [3.8, 4) is 0 Å². The van der Waals surface area contributed by atoms with Gasteiger partial charge >= 0.3 is 17.6 Å². The summed E-state index contributed by atoms with van der Waals surface area (Å²) in [5, 5.41) is 19.1. The number of aliphatic carboxylic acids is 1. The summed E-state index contributed by atoms with van der Waals surface area (Å²) < 4.78 is 11.7. The van der Waals surface area contributed by atoms with E-state index in [2.05, 4.69) is 16.0 Å². The lowest BCUT2D eigenvalue weighted by Gasteiger charge is -2.22. The second-order valence-electron chi connectivity index (χ2n) is 11.7. The Morgan fingerprint density at radius 3 is 2.47 bits per heavy atom. The molecule has 0 aliphatic heterocycles. The molecule has 2 aromatic carbocycles. The van der Waals surface area contributed by atoms with Crippen LogP contribution >= 0.6 is 11.8 Å². The Balaban J connectivity index is 1.30. The topological polar surface area (TPSA) is 194 Å². The number of thioether (sulfide) groups is 1. The second kappa shape index (κ2) is 15.2. The van der Waals surface area contributed by atoms with Gasteiger partial charge in [0, 0.05) is 46.9 Å². The Hall–Kier alpha value is -4.78. The number of amides is 4. The van der Waals surface area contributed by atoms with Crippen LogP contribution in [0.1, 0.15) is 53.7 Å². The van der Waals surface area contributed by atoms with Gasteiger partial charge in [-0.05, 0) is 56.2 Å². The highest BCUT2D eigenvalue weighted by atomic mass is 32.2. The van der Waals surface area contributed by atoms with E-state index in [0.29, 0.717) is 27.9 Å². The maximum Gasteiger partial charge on any atom is 0.340 e. The normalized spacial score (nSPS) is 13.9. The monoisotopic (exact) mass is 662 g/mol. The number of furan rings is 1. The van der Waals surface area contributed by atoms with E-state index in [1.54, 1.807) is 13.0 Å². The van der Waals surface area contributed by atoms with Gasteiger partial charge in [0.05, 0.1) is 12.0 Å². The van der Waals surface area contributed by atoms with Gasteiger partial charge in [0.2, 0.25) is 11.8 Å². The molecule has 12 nitrogen and oxygen atoms in total. The summed E-state index contributed by atoms with van der Waals surface area (Å²) in [7, 11) is 0. The van der Waals surface area contributed by atoms with E-state index < -0.39 is 41.5 Å². The SMILES string of the molecule is Cc1c(CC(=O)N[C@@H](CCCNC(N)=O)C(=O)N[C@@H](CSCc2ccccc2)C(=O)O)c(=O)oc2cc3oc4c(c3cc12)CCCC4. The van der Waals surface area contributed by atoms with E-state index in [1.165, 1.54) is 11.8 Å². The Kier molecular flexibility index (Phi) is 10.9. The molecule has 0 fully saturated rings. The molecule has 0 bridgehead atoms. The number of carbonyl (C=O) groups is 4. The number of nitrogens with one attached hydrogen (secondary N) is 3. The summed E-state index contributed by atoms with van der Waals surface area (Å²) in [6, 6.07) is 10.1. The molecule has 0 spiro atoms. The van der Waals surface area contributed by atoms with Gasteiger partial charge in [0.25, 0.3) is 0 Å². The van der Waals surface area contributed by atoms with E-state index in [0.717, 1.165) is 48.0 Å². The summed E-state index contributed by atoms with van der Waals surface area (Å²) in [4.78, 5) is 62.8. The van der Waals surface area contributed by atoms with Crippen LogP contribution in [0.3, 0.4) is 0 Å². The molecule has 4 amide bonds. The first-order chi connectivity index (χ1) is 22.6. The van der Waals surface area contributed by atoms with Gasteiger partial charge in [0.15, 0.2) is 0 Å². The lowest BCUT2D eigenvalue weighted by atomic mass is 9.94. The van der Waals surface area contributed by atoms with E-state index in [-0.39, 0.29) is 37.1 Å². The van der Waals surface area contributed by atoms with Crippen molar-refractivity contribution in [2.24, 2.45) is 5.73 Å². The molecule has 1 aliphatic carbocycles. The zero-order valence-corrected chi connectivity index (χ0v) is 26.9. The number of carbonyl (C=O) groups excluding carboxylic acids is 3. The van der Waals surface area contributed by atoms with Gasteiger partial charge in [-0.1, -0.05) is 30.3 Å². The fourth-order valence-corrected chi connectivity index (χ4v) is 6.86. The minimum absolute atomic E-state index is 0.0796. The summed E-state index contributed by atoms with van der Waals surface area (Å²) in [5.74, 6) is -0.908. The van der Waals surface area contributed by atoms with Crippen molar-refractivity contribution < 1.29 is 33.1 Å². The highest BCUT2D eigenvalue weighted by Crippen LogP contribution is 2.35. The molecule has 47 heavy (non-hydrogen) atoms. The maximum atomic E-state index is 13.3. The average Bonchev–Trinajstić information content (AvgIpc) is 3.40. The van der Waals surface area contributed by atoms with Crippen molar-refractivity contribution in [1.29, 1.82) is 0 Å². The predicted octanol–water partition coefficient (Wildman–Crippen LogP) is 3.71. The highest BCUT2D eigenvalue weighted by Gasteiger charge is 2.28. The fourth-order valence-electron chi connectivity index (χ4n) is 5.86. The first-order valence-corrected chi connectivity index (χ1v) is 16.7. The summed E-state index contributed by atoms with van der Waals surface area (Å²) in [6.07, 6.45) is 3.89. The number of hydrogen-bond acceptors (Lipinski definition) is 8. The molecular formula is C34H38N4O8S. The van der Waals surface area contributed by atoms with Crippen molar-refractivity contribution in [1.82, 2.24) is 16.0 Å². The van der Waals surface area contributed by atoms with Crippen molar-refractivity contribution in [2.45, 2.75) is 69.7 Å². The smallest absolute Gasteiger partial charge is 0.340 e. The Bertz CT molecular complexity index is 1850. The molecule has 2 aromatic heterocycles. The van der Waals surface area contributed by atoms with Crippen LogP contribution in [0.4, 0.5) is 4.79 Å². The van der Waals surface area contributed by atoms with Crippen LogP contribution in [0.2, 0.25) is 0 Å². The van der Waals surface area contributed by atoms with Gasteiger partial charge in [-0.3, -0.25) is 9.59 Å². The van der Waals surface area contributed by atoms with Crippen LogP contribution in [0.15, 0.2) is 56.1 Å². The third-order valence-corrected chi connectivity index (χ3v) is 9.44. The Morgan fingerprint density at radius 2 is 1.72 bits per heavy atom. The van der Waals surface area contributed by atoms with E-state index in [1.807, 2.05) is 36.4 Å². The van der Waals surface area contributed by atoms with Crippen LogP contribution in [0.5, 0.6) is 0 Å². The van der Waals surface area contributed by atoms with Gasteiger partial charge in [0.1, 0.15) is 29.0 Å². The summed E-state index contributed by atoms with van der Waals surface area (Å²) in [5.41, 5.74) is 8.41. The molecule has 0 saturated carbocycles. The van der Waals surface area contributed by atoms with Gasteiger partial charge in [-0.2, -0.15) is 11.8 Å². The predicted molar refractivity (Wildman–Crippen MR) is 178 cm³/mol. The Morgan fingerprint density at radius 1 is 0.979 bits per heavy atom. The number of fused-ring (bicyclic) bond motifs is 4. The third-order valence-electron chi connectivity index (χ3n) is 8.33. The van der Waals surface area contributed by atoms with Crippen molar-refractivity contribution >= 4 is 57.5 Å². The number of aryl methyl sites for hydroxylation is 3. The van der Waals surface area contributed by atoms with Crippen LogP contribution < -0.4 is 27.3 Å². The molecule has 1 aliphatic rings. The number of benzene rings is 2. The molecule has 0 saturated heterocycles. The zero-order chi connectivity index (χ0) is 33.5. The molecule has 248 valence electrons. The average molecular weight is 663 g/mol. The third kappa shape index (κ3) is 8.33. The summed E-state index contributed by atoms with van der Waals surface area (Å²) >= 11 is 1.35. The van der Waals surface area contributed by atoms with Gasteiger partial charge in [-0.15, -0.1) is 0 Å². The Labute approximate surface area is 274 Å². The van der Waals surface area contributed by atoms with Gasteiger partial charge < -0.3 is 35.6 Å². The molecule has 13 heteroatoms. The quantitative estimate of drug-likeness (QED) is 0.0989. The van der Waals surface area contributed by atoms with Crippen LogP contribution in [-0.2, 0) is 39.4 Å². The minimum Gasteiger partial charge on any atom is -0.480 e. The highest BCUT2D eigenvalue weighted by molar-refractivity contribution is 7.98. The number of carboxylic acids is 1. The van der Waals surface area contributed by atoms with Crippen LogP contribution in [0, 0.1) is 6.92 Å². The number of rotatable bonds is 14. The number of primary amides is 1. The van der Waals surface area contributed by atoms with Crippen molar-refractivity contribution in [2.75, 3.05) is 12.3 Å². The fraction of sp³-hybridized carbons (Fsp3) is 0.382.